The maximum atomic E-state index is 15.0. The number of nitrogens with zero attached hydrogens (tertiary/aromatic N) is 1. The van der Waals surface area contributed by atoms with Crippen LogP contribution in [0.15, 0.2) is 121 Å². The number of hydrogen-bond acceptors (Lipinski definition) is 2. The Bertz CT molecular complexity index is 1420. The van der Waals surface area contributed by atoms with E-state index in [1.807, 2.05) is 60.7 Å². The molecule has 0 unspecified atom stereocenters. The summed E-state index contributed by atoms with van der Waals surface area (Å²) < 4.78 is 19.2. The monoisotopic (exact) mass is 604 g/mol. The summed E-state index contributed by atoms with van der Waals surface area (Å²) in [6, 6.07) is 36.6. The SMILES string of the molecule is O=C(Nc1ccccc1-c1c([Se]c2ccccc2)cc(F)cc1[Se]c1ccccc1)c1ccccn1. The van der Waals surface area contributed by atoms with Crippen LogP contribution in [0.1, 0.15) is 10.5 Å². The Balaban J connectivity index is 1.63. The normalized spacial score (nSPS) is 10.7. The van der Waals surface area contributed by atoms with Gasteiger partial charge in [0, 0.05) is 0 Å². The van der Waals surface area contributed by atoms with E-state index in [0.717, 1.165) is 29.0 Å². The molecule has 0 aliphatic heterocycles. The molecule has 0 saturated heterocycles. The fraction of sp³-hybridized carbons (Fsp3) is 0. The molecule has 3 nitrogen and oxygen atoms in total. The second-order valence-electron chi connectivity index (χ2n) is 7.82. The quantitative estimate of drug-likeness (QED) is 0.290. The van der Waals surface area contributed by atoms with Gasteiger partial charge < -0.3 is 0 Å². The number of pyridine rings is 1. The van der Waals surface area contributed by atoms with Crippen LogP contribution in [-0.2, 0) is 0 Å². The molecule has 0 aliphatic carbocycles. The Labute approximate surface area is 222 Å². The number of carbonyl (C=O) groups is 1. The third-order valence-electron chi connectivity index (χ3n) is 5.31. The molecular weight excluding hydrogens is 581 g/mol. The summed E-state index contributed by atoms with van der Waals surface area (Å²) in [7, 11) is 0. The van der Waals surface area contributed by atoms with Gasteiger partial charge in [0.25, 0.3) is 0 Å². The molecule has 1 amide bonds. The molecule has 1 heterocycles. The third-order valence-corrected chi connectivity index (χ3v) is 9.72. The van der Waals surface area contributed by atoms with Crippen LogP contribution < -0.4 is 23.2 Å². The van der Waals surface area contributed by atoms with Crippen LogP contribution in [0.3, 0.4) is 0 Å². The molecular formula is C30H21FN2OSe2. The van der Waals surface area contributed by atoms with Gasteiger partial charge in [0.1, 0.15) is 0 Å². The molecule has 5 rings (SSSR count). The van der Waals surface area contributed by atoms with Crippen LogP contribution in [0.4, 0.5) is 10.1 Å². The summed E-state index contributed by atoms with van der Waals surface area (Å²) in [4.78, 5) is 17.2. The zero-order valence-corrected chi connectivity index (χ0v) is 22.5. The summed E-state index contributed by atoms with van der Waals surface area (Å²) in [6.07, 6.45) is 1.60. The maximum absolute atomic E-state index is 15.0. The number of aromatic nitrogens is 1. The standard InChI is InChI=1S/C30H21FN2OSe2/c31-21-19-27(35-22-11-3-1-4-12-22)29(28(20-21)36-23-13-5-2-6-14-23)24-15-7-8-16-25(24)33-30(34)26-17-9-10-18-32-26/h1-20H,(H,33,34). The van der Waals surface area contributed by atoms with Crippen molar-refractivity contribution in [2.45, 2.75) is 0 Å². The van der Waals surface area contributed by atoms with Gasteiger partial charge in [-0.25, -0.2) is 0 Å². The summed E-state index contributed by atoms with van der Waals surface area (Å²) >= 11 is -0.253. The van der Waals surface area contributed by atoms with Crippen LogP contribution in [0.25, 0.3) is 11.1 Å². The number of amides is 1. The van der Waals surface area contributed by atoms with Crippen molar-refractivity contribution in [1.82, 2.24) is 4.98 Å². The molecule has 1 aromatic heterocycles. The van der Waals surface area contributed by atoms with Crippen LogP contribution in [-0.4, -0.2) is 40.8 Å². The van der Waals surface area contributed by atoms with E-state index in [1.54, 1.807) is 36.5 Å². The molecule has 176 valence electrons. The number of hydrogen-bond donors (Lipinski definition) is 1. The van der Waals surface area contributed by atoms with E-state index in [0.29, 0.717) is 11.4 Å². The molecule has 0 aliphatic rings. The third kappa shape index (κ3) is 5.81. The average Bonchev–Trinajstić information content (AvgIpc) is 2.91. The van der Waals surface area contributed by atoms with E-state index in [9.17, 15) is 4.79 Å². The first kappa shape index (κ1) is 24.2. The second-order valence-corrected chi connectivity index (χ2v) is 12.5. The number of nitrogens with one attached hydrogen (secondary N) is 1. The average molecular weight is 602 g/mol. The molecule has 6 heteroatoms. The summed E-state index contributed by atoms with van der Waals surface area (Å²) in [5.41, 5.74) is 2.88. The van der Waals surface area contributed by atoms with Gasteiger partial charge in [0.2, 0.25) is 0 Å². The van der Waals surface area contributed by atoms with E-state index >= 15 is 4.39 Å². The van der Waals surface area contributed by atoms with Gasteiger partial charge in [-0.1, -0.05) is 0 Å². The topological polar surface area (TPSA) is 42.0 Å². The summed E-state index contributed by atoms with van der Waals surface area (Å²) in [5, 5.41) is 3.04. The Kier molecular flexibility index (Phi) is 7.70. The van der Waals surface area contributed by atoms with Crippen molar-refractivity contribution in [3.8, 4) is 11.1 Å². The Morgan fingerprint density at radius 3 is 1.83 bits per heavy atom. The fourth-order valence-electron chi connectivity index (χ4n) is 3.71. The van der Waals surface area contributed by atoms with Crippen LogP contribution in [0.2, 0.25) is 0 Å². The Hall–Kier alpha value is -3.53. The van der Waals surface area contributed by atoms with Gasteiger partial charge in [-0.2, -0.15) is 0 Å². The molecule has 4 aromatic carbocycles. The molecule has 0 spiro atoms. The van der Waals surface area contributed by atoms with Gasteiger partial charge in [0.05, 0.1) is 0 Å². The number of para-hydroxylation sites is 1. The molecule has 0 fully saturated rings. The number of halogens is 1. The Morgan fingerprint density at radius 1 is 0.694 bits per heavy atom. The molecule has 36 heavy (non-hydrogen) atoms. The van der Waals surface area contributed by atoms with Crippen molar-refractivity contribution in [3.05, 3.63) is 133 Å². The Morgan fingerprint density at radius 2 is 1.25 bits per heavy atom. The van der Waals surface area contributed by atoms with Crippen molar-refractivity contribution in [2.75, 3.05) is 5.32 Å². The van der Waals surface area contributed by atoms with Crippen LogP contribution >= 0.6 is 0 Å². The zero-order valence-electron chi connectivity index (χ0n) is 19.1. The van der Waals surface area contributed by atoms with Crippen molar-refractivity contribution >= 4 is 59.4 Å². The number of benzene rings is 4. The van der Waals surface area contributed by atoms with Gasteiger partial charge >= 0.3 is 223 Å². The van der Waals surface area contributed by atoms with Gasteiger partial charge in [-0.05, 0) is 0 Å². The van der Waals surface area contributed by atoms with Gasteiger partial charge in [-0.15, -0.1) is 0 Å². The second kappa shape index (κ2) is 11.5. The number of anilines is 1. The number of rotatable bonds is 7. The van der Waals surface area contributed by atoms with Gasteiger partial charge in [-0.3, -0.25) is 0 Å². The van der Waals surface area contributed by atoms with Crippen molar-refractivity contribution < 1.29 is 9.18 Å². The van der Waals surface area contributed by atoms with Crippen molar-refractivity contribution in [2.24, 2.45) is 0 Å². The van der Waals surface area contributed by atoms with Crippen molar-refractivity contribution in [1.29, 1.82) is 0 Å². The molecule has 0 radical (unpaired) electrons. The fourth-order valence-corrected chi connectivity index (χ4v) is 8.40. The van der Waals surface area contributed by atoms with E-state index in [-0.39, 0.29) is 41.6 Å². The van der Waals surface area contributed by atoms with E-state index in [4.69, 9.17) is 0 Å². The first-order valence-electron chi connectivity index (χ1n) is 11.3. The minimum absolute atomic E-state index is 0.127. The molecule has 0 saturated carbocycles. The predicted molar refractivity (Wildman–Crippen MR) is 147 cm³/mol. The number of carbonyl (C=O) groups excluding carboxylic acids is 1. The summed E-state index contributed by atoms with van der Waals surface area (Å²) in [5.74, 6) is -0.523. The molecule has 0 bridgehead atoms. The minimum atomic E-state index is -0.282. The molecule has 5 aromatic rings. The van der Waals surface area contributed by atoms with Crippen LogP contribution in [0, 0.1) is 5.82 Å². The zero-order chi connectivity index (χ0) is 24.7. The predicted octanol–water partition coefficient (Wildman–Crippen LogP) is 3.45. The van der Waals surface area contributed by atoms with E-state index in [2.05, 4.69) is 34.6 Å². The van der Waals surface area contributed by atoms with E-state index < -0.39 is 0 Å². The molecule has 0 atom stereocenters. The first-order valence-corrected chi connectivity index (χ1v) is 14.7. The first-order chi connectivity index (χ1) is 17.7. The van der Waals surface area contributed by atoms with Gasteiger partial charge in [0.15, 0.2) is 0 Å². The summed E-state index contributed by atoms with van der Waals surface area (Å²) in [6.45, 7) is 0. The molecule has 1 N–H and O–H groups in total. The van der Waals surface area contributed by atoms with Crippen molar-refractivity contribution in [3.63, 3.8) is 0 Å². The van der Waals surface area contributed by atoms with Crippen LogP contribution in [0.5, 0.6) is 0 Å². The van der Waals surface area contributed by atoms with E-state index in [1.165, 1.54) is 0 Å².